The Morgan fingerprint density at radius 2 is 2.17 bits per heavy atom. The van der Waals surface area contributed by atoms with E-state index in [1.165, 1.54) is 19.3 Å². The molecule has 0 nitrogen and oxygen atoms in total. The van der Waals surface area contributed by atoms with Crippen LogP contribution in [0.1, 0.15) is 46.0 Å². The minimum absolute atomic E-state index is 0.755. The Bertz CT molecular complexity index is 184. The Morgan fingerprint density at radius 1 is 1.50 bits per heavy atom. The summed E-state index contributed by atoms with van der Waals surface area (Å²) >= 11 is 0. The van der Waals surface area contributed by atoms with Gasteiger partial charge in [0.05, 0.1) is 0 Å². The summed E-state index contributed by atoms with van der Waals surface area (Å²) in [4.78, 5) is 0. The van der Waals surface area contributed by atoms with Crippen LogP contribution < -0.4 is 0 Å². The molecule has 0 saturated carbocycles. The van der Waals surface area contributed by atoms with Gasteiger partial charge in [0.1, 0.15) is 0 Å². The maximum atomic E-state index is 4.96. The van der Waals surface area contributed by atoms with E-state index in [0.717, 1.165) is 18.8 Å². The molecule has 1 aliphatic carbocycles. The average molecular weight is 162 g/mol. The molecule has 0 spiro atoms. The van der Waals surface area contributed by atoms with Crippen LogP contribution in [0.2, 0.25) is 0 Å². The lowest BCUT2D eigenvalue weighted by Crippen LogP contribution is -1.99. The van der Waals surface area contributed by atoms with E-state index in [1.807, 2.05) is 0 Å². The summed E-state index contributed by atoms with van der Waals surface area (Å²) < 4.78 is 0. The topological polar surface area (TPSA) is 0 Å². The van der Waals surface area contributed by atoms with Gasteiger partial charge in [-0.3, -0.25) is 0 Å². The SMILES string of the molecule is C#CCCCC.CCC1C#CC1. The first-order chi connectivity index (χ1) is 5.85. The molecule has 0 aromatic carbocycles. The fourth-order valence-corrected chi connectivity index (χ4v) is 0.772. The second-order valence-electron chi connectivity index (χ2n) is 2.94. The molecule has 0 heteroatoms. The van der Waals surface area contributed by atoms with Gasteiger partial charge in [-0.15, -0.1) is 18.3 Å². The molecule has 0 amide bonds. The van der Waals surface area contributed by atoms with Gasteiger partial charge in [-0.25, -0.2) is 0 Å². The van der Waals surface area contributed by atoms with Gasteiger partial charge in [-0.1, -0.05) is 26.2 Å². The second-order valence-corrected chi connectivity index (χ2v) is 2.94. The maximum Gasteiger partial charge on any atom is 0.0309 e. The van der Waals surface area contributed by atoms with Gasteiger partial charge in [-0.05, 0) is 12.8 Å². The van der Waals surface area contributed by atoms with E-state index >= 15 is 0 Å². The quantitative estimate of drug-likeness (QED) is 0.441. The number of terminal acetylenes is 1. The largest absolute Gasteiger partial charge is 0.120 e. The van der Waals surface area contributed by atoms with Gasteiger partial charge in [0, 0.05) is 18.8 Å². The molecule has 0 fully saturated rings. The highest BCUT2D eigenvalue weighted by Crippen LogP contribution is 2.11. The van der Waals surface area contributed by atoms with Crippen LogP contribution in [0.3, 0.4) is 0 Å². The van der Waals surface area contributed by atoms with Crippen molar-refractivity contribution in [3.8, 4) is 24.2 Å². The minimum atomic E-state index is 0.755. The molecule has 1 atom stereocenters. The van der Waals surface area contributed by atoms with Crippen molar-refractivity contribution in [3.05, 3.63) is 0 Å². The number of unbranched alkanes of at least 4 members (excludes halogenated alkanes) is 2. The third kappa shape index (κ3) is 5.87. The molecular formula is C12H18. The van der Waals surface area contributed by atoms with Crippen molar-refractivity contribution in [2.45, 2.75) is 46.0 Å². The van der Waals surface area contributed by atoms with Gasteiger partial charge in [0.25, 0.3) is 0 Å². The lowest BCUT2D eigenvalue weighted by molar-refractivity contribution is 0.640. The fourth-order valence-electron chi connectivity index (χ4n) is 0.772. The molecule has 1 unspecified atom stereocenters. The first-order valence-corrected chi connectivity index (χ1v) is 4.77. The van der Waals surface area contributed by atoms with Gasteiger partial charge < -0.3 is 0 Å². The van der Waals surface area contributed by atoms with Crippen molar-refractivity contribution in [2.75, 3.05) is 0 Å². The molecule has 0 heterocycles. The Balaban J connectivity index is 0.000000202. The molecule has 0 aromatic rings. The summed E-state index contributed by atoms with van der Waals surface area (Å²) in [6.45, 7) is 4.32. The zero-order valence-corrected chi connectivity index (χ0v) is 8.19. The van der Waals surface area contributed by atoms with E-state index in [2.05, 4.69) is 31.6 Å². The lowest BCUT2D eigenvalue weighted by atomic mass is 9.97. The molecule has 0 aromatic heterocycles. The third-order valence-electron chi connectivity index (χ3n) is 1.82. The molecular weight excluding hydrogens is 144 g/mol. The van der Waals surface area contributed by atoms with Crippen LogP contribution in [-0.2, 0) is 0 Å². The smallest absolute Gasteiger partial charge is 0.0309 e. The van der Waals surface area contributed by atoms with Crippen molar-refractivity contribution < 1.29 is 0 Å². The summed E-state index contributed by atoms with van der Waals surface area (Å²) in [5, 5.41) is 0. The molecule has 0 saturated heterocycles. The third-order valence-corrected chi connectivity index (χ3v) is 1.82. The van der Waals surface area contributed by atoms with Crippen LogP contribution in [0, 0.1) is 30.1 Å². The van der Waals surface area contributed by atoms with Crippen molar-refractivity contribution >= 4 is 0 Å². The molecule has 1 aliphatic rings. The predicted molar refractivity (Wildman–Crippen MR) is 54.5 cm³/mol. The average Bonchev–Trinajstić information content (AvgIpc) is 2.00. The molecule has 1 rings (SSSR count). The Morgan fingerprint density at radius 3 is 2.25 bits per heavy atom. The molecule has 0 bridgehead atoms. The van der Waals surface area contributed by atoms with Crippen molar-refractivity contribution in [2.24, 2.45) is 5.92 Å². The molecule has 0 aliphatic heterocycles. The monoisotopic (exact) mass is 162 g/mol. The van der Waals surface area contributed by atoms with E-state index in [1.54, 1.807) is 0 Å². The highest BCUT2D eigenvalue weighted by Gasteiger charge is 2.03. The first-order valence-electron chi connectivity index (χ1n) is 4.77. The minimum Gasteiger partial charge on any atom is -0.120 e. The number of hydrogen-bond donors (Lipinski definition) is 0. The van der Waals surface area contributed by atoms with E-state index in [-0.39, 0.29) is 0 Å². The maximum absolute atomic E-state index is 4.96. The molecule has 66 valence electrons. The van der Waals surface area contributed by atoms with Crippen LogP contribution in [0.25, 0.3) is 0 Å². The zero-order chi connectivity index (χ0) is 9.23. The summed E-state index contributed by atoms with van der Waals surface area (Å²) in [6, 6.07) is 0. The summed E-state index contributed by atoms with van der Waals surface area (Å²) in [7, 11) is 0. The molecule has 12 heavy (non-hydrogen) atoms. The Hall–Kier alpha value is -0.880. The van der Waals surface area contributed by atoms with Crippen LogP contribution in [0.5, 0.6) is 0 Å². The summed E-state index contributed by atoms with van der Waals surface area (Å²) in [5.74, 6) is 9.33. The second kappa shape index (κ2) is 8.22. The zero-order valence-electron chi connectivity index (χ0n) is 8.19. The number of rotatable bonds is 3. The highest BCUT2D eigenvalue weighted by molar-refractivity contribution is 5.16. The molecule has 0 radical (unpaired) electrons. The van der Waals surface area contributed by atoms with Crippen LogP contribution in [-0.4, -0.2) is 0 Å². The van der Waals surface area contributed by atoms with Crippen LogP contribution in [0.15, 0.2) is 0 Å². The number of hydrogen-bond acceptors (Lipinski definition) is 0. The lowest BCUT2D eigenvalue weighted by Gasteiger charge is -2.06. The van der Waals surface area contributed by atoms with E-state index in [0.29, 0.717) is 0 Å². The standard InChI is InChI=1S/C6H8.C6H10/c1-2-6-4-3-5-6;1-3-5-6-4-2/h6H,2,4H2,1H3;1H,4-6H2,2H3. The van der Waals surface area contributed by atoms with Crippen LogP contribution >= 0.6 is 0 Å². The van der Waals surface area contributed by atoms with E-state index in [9.17, 15) is 0 Å². The highest BCUT2D eigenvalue weighted by atomic mass is 14.1. The Labute approximate surface area is 76.8 Å². The van der Waals surface area contributed by atoms with Gasteiger partial charge >= 0.3 is 0 Å². The molecule has 0 N–H and O–H groups in total. The van der Waals surface area contributed by atoms with Crippen LogP contribution in [0.4, 0.5) is 0 Å². The summed E-state index contributed by atoms with van der Waals surface area (Å²) in [6.07, 6.45) is 10.7. The van der Waals surface area contributed by atoms with Gasteiger partial charge in [0.2, 0.25) is 0 Å². The van der Waals surface area contributed by atoms with Crippen molar-refractivity contribution in [3.63, 3.8) is 0 Å². The van der Waals surface area contributed by atoms with E-state index in [4.69, 9.17) is 6.42 Å². The fraction of sp³-hybridized carbons (Fsp3) is 0.667. The van der Waals surface area contributed by atoms with Crippen molar-refractivity contribution in [1.29, 1.82) is 0 Å². The Kier molecular flexibility index (Phi) is 7.62. The van der Waals surface area contributed by atoms with Gasteiger partial charge in [-0.2, -0.15) is 0 Å². The van der Waals surface area contributed by atoms with Crippen molar-refractivity contribution in [1.82, 2.24) is 0 Å². The van der Waals surface area contributed by atoms with E-state index < -0.39 is 0 Å². The normalized spacial score (nSPS) is 17.2. The first kappa shape index (κ1) is 11.1. The predicted octanol–water partition coefficient (Wildman–Crippen LogP) is 3.23. The van der Waals surface area contributed by atoms with Gasteiger partial charge in [0.15, 0.2) is 0 Å². The summed E-state index contributed by atoms with van der Waals surface area (Å²) in [5.41, 5.74) is 0.